The first-order valence-electron chi connectivity index (χ1n) is 8.71. The Kier molecular flexibility index (Phi) is 6.54. The summed E-state index contributed by atoms with van der Waals surface area (Å²) >= 11 is 12.0. The Balaban J connectivity index is 1.60. The van der Waals surface area contributed by atoms with Gasteiger partial charge in [0, 0.05) is 26.3 Å². The molecule has 0 bridgehead atoms. The van der Waals surface area contributed by atoms with Crippen LogP contribution in [0.25, 0.3) is 0 Å². The molecule has 0 unspecified atom stereocenters. The van der Waals surface area contributed by atoms with E-state index in [1.54, 1.807) is 25.2 Å². The van der Waals surface area contributed by atoms with E-state index in [0.29, 0.717) is 28.9 Å². The van der Waals surface area contributed by atoms with E-state index in [9.17, 15) is 13.2 Å². The lowest BCUT2D eigenvalue weighted by atomic mass is 10.3. The van der Waals surface area contributed by atoms with Crippen molar-refractivity contribution in [3.05, 3.63) is 46.2 Å². The van der Waals surface area contributed by atoms with E-state index < -0.39 is 16.0 Å². The largest absolute Gasteiger partial charge is 0.487 e. The van der Waals surface area contributed by atoms with Gasteiger partial charge in [-0.15, -0.1) is 0 Å². The lowest BCUT2D eigenvalue weighted by molar-refractivity contribution is 0.0439. The molecule has 0 saturated carbocycles. The summed E-state index contributed by atoms with van der Waals surface area (Å²) in [6, 6.07) is 6.31. The van der Waals surface area contributed by atoms with Gasteiger partial charge in [-0.25, -0.2) is 13.2 Å². The van der Waals surface area contributed by atoms with E-state index in [4.69, 9.17) is 32.7 Å². The maximum Gasteiger partial charge on any atom is 0.355 e. The minimum Gasteiger partial charge on any atom is -0.487 e. The number of aromatic nitrogens is 1. The molecule has 1 fully saturated rings. The number of aryl methyl sites for hydroxylation is 1. The summed E-state index contributed by atoms with van der Waals surface area (Å²) < 4.78 is 38.8. The highest BCUT2D eigenvalue weighted by Gasteiger charge is 2.29. The minimum atomic E-state index is -3.59. The maximum absolute atomic E-state index is 12.6. The number of halogens is 2. The first kappa shape index (κ1) is 21.0. The molecule has 1 aliphatic heterocycles. The zero-order valence-corrected chi connectivity index (χ0v) is 17.6. The second-order valence-electron chi connectivity index (χ2n) is 6.32. The Bertz CT molecular complexity index is 948. The highest BCUT2D eigenvalue weighted by Crippen LogP contribution is 2.32. The van der Waals surface area contributed by atoms with Crippen molar-refractivity contribution in [2.24, 2.45) is 7.05 Å². The van der Waals surface area contributed by atoms with E-state index >= 15 is 0 Å². The molecule has 28 heavy (non-hydrogen) atoms. The van der Waals surface area contributed by atoms with Crippen LogP contribution in [0.15, 0.2) is 35.4 Å². The second-order valence-corrected chi connectivity index (χ2v) is 9.07. The summed E-state index contributed by atoms with van der Waals surface area (Å²) in [6.07, 6.45) is 3.11. The van der Waals surface area contributed by atoms with Crippen molar-refractivity contribution in [2.45, 2.75) is 17.7 Å². The van der Waals surface area contributed by atoms with Crippen LogP contribution in [0, 0.1) is 0 Å². The van der Waals surface area contributed by atoms with Gasteiger partial charge in [0.2, 0.25) is 10.0 Å². The van der Waals surface area contributed by atoms with E-state index in [1.165, 1.54) is 21.1 Å². The fraction of sp³-hybridized carbons (Fsp3) is 0.389. The van der Waals surface area contributed by atoms with Crippen LogP contribution in [0.4, 0.5) is 0 Å². The summed E-state index contributed by atoms with van der Waals surface area (Å²) in [5, 5.41) is 0.719. The zero-order valence-electron chi connectivity index (χ0n) is 15.2. The number of carbonyl (C=O) groups excluding carboxylic acids is 1. The lowest BCUT2D eigenvalue weighted by Crippen LogP contribution is -2.27. The summed E-state index contributed by atoms with van der Waals surface area (Å²) in [7, 11) is -2.00. The number of para-hydroxylation sites is 1. The first-order chi connectivity index (χ1) is 13.3. The van der Waals surface area contributed by atoms with Crippen LogP contribution in [0.3, 0.4) is 0 Å². The first-order valence-corrected chi connectivity index (χ1v) is 10.9. The molecule has 0 spiro atoms. The van der Waals surface area contributed by atoms with Crippen LogP contribution in [0.2, 0.25) is 10.0 Å². The number of ether oxygens (including phenoxy) is 2. The van der Waals surface area contributed by atoms with Crippen LogP contribution in [-0.2, 0) is 21.8 Å². The number of benzene rings is 1. The molecule has 0 N–H and O–H groups in total. The summed E-state index contributed by atoms with van der Waals surface area (Å²) in [4.78, 5) is 12.4. The number of carbonyl (C=O) groups is 1. The molecule has 1 aromatic heterocycles. The SMILES string of the molecule is Cn1cc(S(=O)(=O)N2CCCC2)cc1C(=O)OCCOc1c(Cl)cccc1Cl. The average molecular weight is 447 g/mol. The number of sulfonamides is 1. The predicted octanol–water partition coefficient (Wildman–Crippen LogP) is 3.35. The normalized spacial score (nSPS) is 15.0. The van der Waals surface area contributed by atoms with Crippen molar-refractivity contribution in [1.29, 1.82) is 0 Å². The maximum atomic E-state index is 12.6. The zero-order chi connectivity index (χ0) is 20.3. The Labute approximate surface area is 173 Å². The number of hydrogen-bond donors (Lipinski definition) is 0. The predicted molar refractivity (Wildman–Crippen MR) is 106 cm³/mol. The number of hydrogen-bond acceptors (Lipinski definition) is 5. The molecule has 0 atom stereocenters. The van der Waals surface area contributed by atoms with E-state index in [2.05, 4.69) is 0 Å². The van der Waals surface area contributed by atoms with Crippen LogP contribution < -0.4 is 4.74 Å². The average Bonchev–Trinajstić information content (AvgIpc) is 3.31. The van der Waals surface area contributed by atoms with Crippen molar-refractivity contribution >= 4 is 39.2 Å². The topological polar surface area (TPSA) is 77.8 Å². The van der Waals surface area contributed by atoms with Crippen LogP contribution in [0.5, 0.6) is 5.75 Å². The third kappa shape index (κ3) is 4.46. The fourth-order valence-corrected chi connectivity index (χ4v) is 5.02. The quantitative estimate of drug-likeness (QED) is 0.481. The molecule has 0 aliphatic carbocycles. The van der Waals surface area contributed by atoms with Gasteiger partial charge >= 0.3 is 5.97 Å². The standard InChI is InChI=1S/C18H20Cl2N2O5S/c1-21-12-13(28(24,25)22-7-2-3-8-22)11-16(21)18(23)27-10-9-26-17-14(19)5-4-6-15(17)20/h4-6,11-12H,2-3,7-10H2,1H3. The molecule has 1 aliphatic rings. The summed E-state index contributed by atoms with van der Waals surface area (Å²) in [6.45, 7) is 1.01. The molecule has 0 radical (unpaired) electrons. The smallest absolute Gasteiger partial charge is 0.355 e. The molecule has 152 valence electrons. The fourth-order valence-electron chi connectivity index (χ4n) is 2.93. The molecule has 3 rings (SSSR count). The van der Waals surface area contributed by atoms with Gasteiger partial charge in [0.05, 0.1) is 10.0 Å². The van der Waals surface area contributed by atoms with Crippen molar-refractivity contribution in [1.82, 2.24) is 8.87 Å². The minimum absolute atomic E-state index is 0.0419. The lowest BCUT2D eigenvalue weighted by Gasteiger charge is -2.13. The van der Waals surface area contributed by atoms with Gasteiger partial charge in [-0.05, 0) is 31.0 Å². The van der Waals surface area contributed by atoms with Crippen LogP contribution in [-0.4, -0.2) is 49.6 Å². The van der Waals surface area contributed by atoms with Crippen molar-refractivity contribution in [2.75, 3.05) is 26.3 Å². The molecule has 7 nitrogen and oxygen atoms in total. The van der Waals surface area contributed by atoms with Gasteiger partial charge in [-0.1, -0.05) is 29.3 Å². The van der Waals surface area contributed by atoms with Gasteiger partial charge in [-0.3, -0.25) is 0 Å². The van der Waals surface area contributed by atoms with Gasteiger partial charge in [0.15, 0.2) is 5.75 Å². The Hall–Kier alpha value is -1.74. The van der Waals surface area contributed by atoms with E-state index in [0.717, 1.165) is 12.8 Å². The Morgan fingerprint density at radius 3 is 2.43 bits per heavy atom. The molecule has 1 saturated heterocycles. The van der Waals surface area contributed by atoms with Gasteiger partial charge < -0.3 is 14.0 Å². The number of rotatable bonds is 7. The summed E-state index contributed by atoms with van der Waals surface area (Å²) in [5.74, 6) is -0.320. The highest BCUT2D eigenvalue weighted by molar-refractivity contribution is 7.89. The molecule has 2 heterocycles. The third-order valence-electron chi connectivity index (χ3n) is 4.37. The third-order valence-corrected chi connectivity index (χ3v) is 6.83. The van der Waals surface area contributed by atoms with Gasteiger partial charge in [-0.2, -0.15) is 4.31 Å². The van der Waals surface area contributed by atoms with Crippen LogP contribution >= 0.6 is 23.2 Å². The summed E-state index contributed by atoms with van der Waals surface area (Å²) in [5.41, 5.74) is 0.147. The second kappa shape index (κ2) is 8.73. The Morgan fingerprint density at radius 2 is 1.79 bits per heavy atom. The van der Waals surface area contributed by atoms with Crippen molar-refractivity contribution in [3.63, 3.8) is 0 Å². The molecule has 1 aromatic carbocycles. The molecule has 2 aromatic rings. The highest BCUT2D eigenvalue weighted by atomic mass is 35.5. The molecular formula is C18H20Cl2N2O5S. The van der Waals surface area contributed by atoms with Crippen LogP contribution in [0.1, 0.15) is 23.3 Å². The van der Waals surface area contributed by atoms with E-state index in [1.807, 2.05) is 0 Å². The molecule has 10 heteroatoms. The monoisotopic (exact) mass is 446 g/mol. The number of nitrogens with zero attached hydrogens (tertiary/aromatic N) is 2. The molecule has 0 amide bonds. The number of esters is 1. The van der Waals surface area contributed by atoms with Gasteiger partial charge in [0.1, 0.15) is 23.8 Å². The van der Waals surface area contributed by atoms with E-state index in [-0.39, 0.29) is 23.8 Å². The van der Waals surface area contributed by atoms with Gasteiger partial charge in [0.25, 0.3) is 0 Å². The van der Waals surface area contributed by atoms with Crippen molar-refractivity contribution in [3.8, 4) is 5.75 Å². The molecular weight excluding hydrogens is 427 g/mol. The Morgan fingerprint density at radius 1 is 1.14 bits per heavy atom. The van der Waals surface area contributed by atoms with Crippen molar-refractivity contribution < 1.29 is 22.7 Å².